The normalized spacial score (nSPS) is 22.9. The lowest BCUT2D eigenvalue weighted by Gasteiger charge is -2.36. The van der Waals surface area contributed by atoms with Crippen molar-refractivity contribution >= 4 is 17.5 Å². The first-order valence-corrected chi connectivity index (χ1v) is 9.22. The van der Waals surface area contributed by atoms with Crippen LogP contribution in [0.4, 0.5) is 38.0 Å². The van der Waals surface area contributed by atoms with Gasteiger partial charge in [-0.2, -0.15) is 31.4 Å². The number of carbonyl (C=O) groups is 1. The van der Waals surface area contributed by atoms with Crippen molar-refractivity contribution in [1.29, 1.82) is 0 Å². The highest BCUT2D eigenvalue weighted by Gasteiger charge is 2.61. The maximum absolute atomic E-state index is 13.6. The predicted octanol–water partition coefficient (Wildman–Crippen LogP) is 2.69. The summed E-state index contributed by atoms with van der Waals surface area (Å²) in [5, 5.41) is 18.9. The summed E-state index contributed by atoms with van der Waals surface area (Å²) in [4.78, 5) is 20.3. The number of piperidine rings is 1. The number of nitrogens with zero attached hydrogens (tertiary/aromatic N) is 4. The Morgan fingerprint density at radius 3 is 2.42 bits per heavy atom. The molecule has 2 aromatic rings. The van der Waals surface area contributed by atoms with Crippen LogP contribution in [0.5, 0.6) is 0 Å². The first-order valence-electron chi connectivity index (χ1n) is 9.22. The van der Waals surface area contributed by atoms with Crippen molar-refractivity contribution in [3.8, 4) is 0 Å². The van der Waals surface area contributed by atoms with Gasteiger partial charge in [-0.05, 0) is 12.8 Å². The molecule has 0 saturated carbocycles. The molecule has 2 aliphatic rings. The Balaban J connectivity index is 1.57. The fraction of sp³-hybridized carbons (Fsp3) is 0.529. The van der Waals surface area contributed by atoms with Gasteiger partial charge in [-0.3, -0.25) is 9.89 Å². The topological polar surface area (TPSA) is 107 Å². The van der Waals surface area contributed by atoms with Crippen LogP contribution in [0.15, 0.2) is 12.4 Å². The van der Waals surface area contributed by atoms with E-state index in [4.69, 9.17) is 0 Å². The quantitative estimate of drug-likeness (QED) is 0.608. The van der Waals surface area contributed by atoms with Crippen LogP contribution < -0.4 is 10.2 Å². The number of nitrogens with one attached hydrogen (secondary N) is 2. The van der Waals surface area contributed by atoms with Gasteiger partial charge in [0, 0.05) is 25.1 Å². The number of fused-ring (bicyclic) bond motifs is 1. The molecule has 0 bridgehead atoms. The Kier molecular flexibility index (Phi) is 4.87. The molecule has 1 amide bonds. The van der Waals surface area contributed by atoms with Gasteiger partial charge >= 0.3 is 12.4 Å². The van der Waals surface area contributed by atoms with Gasteiger partial charge in [0.1, 0.15) is 23.7 Å². The lowest BCUT2D eigenvalue weighted by Crippen LogP contribution is -2.49. The predicted molar refractivity (Wildman–Crippen MR) is 93.0 cm³/mol. The van der Waals surface area contributed by atoms with Crippen molar-refractivity contribution in [2.24, 2.45) is 0 Å². The number of amides is 1. The van der Waals surface area contributed by atoms with Gasteiger partial charge in [-0.25, -0.2) is 9.97 Å². The summed E-state index contributed by atoms with van der Waals surface area (Å²) < 4.78 is 79.5. The maximum Gasteiger partial charge on any atom is 0.433 e. The molecule has 4 heterocycles. The Morgan fingerprint density at radius 1 is 1.13 bits per heavy atom. The molecular formula is C17H16F6N6O2. The molecule has 31 heavy (non-hydrogen) atoms. The summed E-state index contributed by atoms with van der Waals surface area (Å²) in [5.41, 5.74) is -5.00. The van der Waals surface area contributed by atoms with E-state index in [-0.39, 0.29) is 43.3 Å². The second-order valence-corrected chi connectivity index (χ2v) is 7.46. The number of H-pyrrole nitrogens is 1. The van der Waals surface area contributed by atoms with E-state index in [9.17, 15) is 36.2 Å². The summed E-state index contributed by atoms with van der Waals surface area (Å²) in [6.07, 6.45) is -9.60. The molecule has 168 valence electrons. The molecule has 1 atom stereocenters. The molecule has 0 aliphatic carbocycles. The third-order valence-corrected chi connectivity index (χ3v) is 5.51. The number of carbonyl (C=O) groups excluding carboxylic acids is 1. The van der Waals surface area contributed by atoms with E-state index in [1.807, 2.05) is 0 Å². The summed E-state index contributed by atoms with van der Waals surface area (Å²) >= 11 is 0. The second-order valence-electron chi connectivity index (χ2n) is 7.46. The zero-order chi connectivity index (χ0) is 22.6. The average molecular weight is 450 g/mol. The molecule has 0 aromatic carbocycles. The number of aromatic nitrogens is 4. The maximum atomic E-state index is 13.6. The molecule has 1 unspecified atom stereocenters. The lowest BCUT2D eigenvalue weighted by molar-refractivity contribution is -0.267. The standard InChI is InChI=1S/C17H16F6N6O2/c18-16(19,20)9-5-10(25-7-24-9)29-3-1-8(2-4-29)13-12-14(28-27-13)26-11(30)6-15(12,31)17(21,22)23/h5,7-8,31H,1-4,6H2,(H2,26,27,28,30). The van der Waals surface area contributed by atoms with Crippen LogP contribution in [0, 0.1) is 0 Å². The average Bonchev–Trinajstić information content (AvgIpc) is 3.11. The van der Waals surface area contributed by atoms with E-state index in [0.29, 0.717) is 0 Å². The van der Waals surface area contributed by atoms with E-state index in [0.717, 1.165) is 12.4 Å². The number of aliphatic hydroxyl groups is 1. The number of rotatable bonds is 2. The minimum absolute atomic E-state index is 0.0202. The number of anilines is 2. The van der Waals surface area contributed by atoms with Crippen molar-refractivity contribution in [2.45, 2.75) is 43.1 Å². The minimum atomic E-state index is -5.10. The van der Waals surface area contributed by atoms with Gasteiger partial charge in [0.15, 0.2) is 5.60 Å². The molecule has 3 N–H and O–H groups in total. The minimum Gasteiger partial charge on any atom is -0.376 e. The second kappa shape index (κ2) is 7.07. The van der Waals surface area contributed by atoms with E-state index >= 15 is 0 Å². The molecule has 1 saturated heterocycles. The van der Waals surface area contributed by atoms with Gasteiger partial charge in [0.2, 0.25) is 5.91 Å². The van der Waals surface area contributed by atoms with Crippen molar-refractivity contribution in [3.63, 3.8) is 0 Å². The summed E-state index contributed by atoms with van der Waals surface area (Å²) in [6, 6.07) is 0.814. The van der Waals surface area contributed by atoms with Crippen LogP contribution in [0.1, 0.15) is 42.1 Å². The van der Waals surface area contributed by atoms with Crippen molar-refractivity contribution in [2.75, 3.05) is 23.3 Å². The Labute approximate surface area is 170 Å². The van der Waals surface area contributed by atoms with Gasteiger partial charge < -0.3 is 15.3 Å². The van der Waals surface area contributed by atoms with Crippen LogP contribution in [-0.2, 0) is 16.6 Å². The zero-order valence-corrected chi connectivity index (χ0v) is 15.7. The van der Waals surface area contributed by atoms with Crippen LogP contribution in [-0.4, -0.2) is 50.4 Å². The third-order valence-electron chi connectivity index (χ3n) is 5.51. The SMILES string of the molecule is O=C1CC(O)(C(F)(F)F)c2c(C3CCN(c4cc(C(F)(F)F)ncn4)CC3)n[nH]c2N1. The summed E-state index contributed by atoms with van der Waals surface area (Å²) in [6.45, 7) is 0.412. The van der Waals surface area contributed by atoms with Crippen molar-refractivity contribution < 1.29 is 36.2 Å². The first kappa shape index (κ1) is 21.3. The van der Waals surface area contributed by atoms with Crippen LogP contribution in [0.2, 0.25) is 0 Å². The fourth-order valence-corrected chi connectivity index (χ4v) is 3.96. The van der Waals surface area contributed by atoms with Gasteiger partial charge in [-0.1, -0.05) is 0 Å². The highest BCUT2D eigenvalue weighted by atomic mass is 19.4. The Bertz CT molecular complexity index is 998. The largest absolute Gasteiger partial charge is 0.433 e. The number of halogens is 6. The highest BCUT2D eigenvalue weighted by molar-refractivity contribution is 5.94. The van der Waals surface area contributed by atoms with E-state index < -0.39 is 47.5 Å². The van der Waals surface area contributed by atoms with E-state index in [1.54, 1.807) is 4.90 Å². The molecule has 4 rings (SSSR count). The number of alkyl halides is 6. The van der Waals surface area contributed by atoms with E-state index in [2.05, 4.69) is 25.5 Å². The third kappa shape index (κ3) is 3.68. The summed E-state index contributed by atoms with van der Waals surface area (Å²) in [7, 11) is 0. The molecule has 14 heteroatoms. The van der Waals surface area contributed by atoms with Crippen molar-refractivity contribution in [3.05, 3.63) is 29.3 Å². The molecule has 8 nitrogen and oxygen atoms in total. The number of hydrogen-bond donors (Lipinski definition) is 3. The highest BCUT2D eigenvalue weighted by Crippen LogP contribution is 2.49. The lowest BCUT2D eigenvalue weighted by atomic mass is 9.81. The number of aromatic amines is 1. The molecule has 2 aliphatic heterocycles. The fourth-order valence-electron chi connectivity index (χ4n) is 3.96. The van der Waals surface area contributed by atoms with Gasteiger partial charge in [0.25, 0.3) is 0 Å². The van der Waals surface area contributed by atoms with Gasteiger partial charge in [-0.15, -0.1) is 0 Å². The van der Waals surface area contributed by atoms with Crippen LogP contribution in [0.25, 0.3) is 0 Å². The van der Waals surface area contributed by atoms with Gasteiger partial charge in [0.05, 0.1) is 17.7 Å². The van der Waals surface area contributed by atoms with E-state index in [1.165, 1.54) is 0 Å². The number of hydrogen-bond acceptors (Lipinski definition) is 6. The Morgan fingerprint density at radius 2 is 1.81 bits per heavy atom. The molecule has 2 aromatic heterocycles. The molecule has 1 fully saturated rings. The first-order chi connectivity index (χ1) is 14.4. The Hall–Kier alpha value is -2.90. The molecular weight excluding hydrogens is 434 g/mol. The molecule has 0 spiro atoms. The monoisotopic (exact) mass is 450 g/mol. The van der Waals surface area contributed by atoms with Crippen molar-refractivity contribution in [1.82, 2.24) is 20.2 Å². The zero-order valence-electron chi connectivity index (χ0n) is 15.7. The molecule has 0 radical (unpaired) electrons. The van der Waals surface area contributed by atoms with Crippen LogP contribution in [0.3, 0.4) is 0 Å². The summed E-state index contributed by atoms with van der Waals surface area (Å²) in [5.74, 6) is -1.76. The smallest absolute Gasteiger partial charge is 0.376 e. The van der Waals surface area contributed by atoms with Crippen LogP contribution >= 0.6 is 0 Å².